The van der Waals surface area contributed by atoms with Gasteiger partial charge >= 0.3 is 5.97 Å². The standard InChI is InChI=1S/C27H38O5/c1-18(2)8-6-10-22(27(31)32)11-7-9-20(4)25(29)15-13-19(3)12-14-23-17-24(28)16-21(5)26(23)30/h8,11-12,16-17,25,28-30H,4,6-7,9-10,13-15H2,1-3,5H3,(H,31,32)/t25-/m1/s1. The van der Waals surface area contributed by atoms with Crippen LogP contribution in [0.4, 0.5) is 0 Å². The highest BCUT2D eigenvalue weighted by atomic mass is 16.4. The second-order valence-electron chi connectivity index (χ2n) is 8.63. The van der Waals surface area contributed by atoms with Gasteiger partial charge in [-0.05, 0) is 95.9 Å². The maximum atomic E-state index is 11.4. The third-order valence-electron chi connectivity index (χ3n) is 5.42. The summed E-state index contributed by atoms with van der Waals surface area (Å²) >= 11 is 0. The van der Waals surface area contributed by atoms with E-state index in [1.807, 2.05) is 32.9 Å². The van der Waals surface area contributed by atoms with Crippen molar-refractivity contribution in [3.63, 3.8) is 0 Å². The van der Waals surface area contributed by atoms with E-state index in [1.165, 1.54) is 11.6 Å². The summed E-state index contributed by atoms with van der Waals surface area (Å²) in [5, 5.41) is 39.6. The first-order valence-corrected chi connectivity index (χ1v) is 11.1. The van der Waals surface area contributed by atoms with Crippen LogP contribution in [-0.4, -0.2) is 32.5 Å². The van der Waals surface area contributed by atoms with Crippen molar-refractivity contribution in [3.05, 3.63) is 70.4 Å². The zero-order valence-electron chi connectivity index (χ0n) is 19.8. The SMILES string of the molecule is C=C(CCC=C(CCC=C(C)C)C(=O)O)[C@H](O)CCC(C)=CCc1cc(O)cc(C)c1O. The molecule has 4 N–H and O–H groups in total. The predicted molar refractivity (Wildman–Crippen MR) is 130 cm³/mol. The first kappa shape index (κ1) is 27.2. The average Bonchev–Trinajstić information content (AvgIpc) is 2.71. The van der Waals surface area contributed by atoms with E-state index in [2.05, 4.69) is 6.58 Å². The third-order valence-corrected chi connectivity index (χ3v) is 5.42. The fourth-order valence-electron chi connectivity index (χ4n) is 3.35. The van der Waals surface area contributed by atoms with Gasteiger partial charge < -0.3 is 20.4 Å². The molecule has 1 rings (SSSR count). The molecule has 0 aliphatic heterocycles. The number of carboxylic acids is 1. The minimum atomic E-state index is -0.896. The molecule has 5 nitrogen and oxygen atoms in total. The predicted octanol–water partition coefficient (Wildman–Crippen LogP) is 6.13. The number of aryl methyl sites for hydroxylation is 1. The molecule has 0 amide bonds. The Morgan fingerprint density at radius 2 is 1.69 bits per heavy atom. The first-order chi connectivity index (χ1) is 15.0. The highest BCUT2D eigenvalue weighted by Gasteiger charge is 2.11. The summed E-state index contributed by atoms with van der Waals surface area (Å²) in [6.45, 7) is 11.7. The molecule has 1 atom stereocenters. The van der Waals surface area contributed by atoms with Crippen molar-refractivity contribution in [2.75, 3.05) is 0 Å². The maximum absolute atomic E-state index is 11.4. The van der Waals surface area contributed by atoms with E-state index < -0.39 is 12.1 Å². The Morgan fingerprint density at radius 1 is 1.03 bits per heavy atom. The van der Waals surface area contributed by atoms with Gasteiger partial charge in [0, 0.05) is 11.1 Å². The van der Waals surface area contributed by atoms with Gasteiger partial charge in [0.2, 0.25) is 0 Å². The molecule has 0 radical (unpaired) electrons. The van der Waals surface area contributed by atoms with Crippen LogP contribution in [-0.2, 0) is 11.2 Å². The van der Waals surface area contributed by atoms with Gasteiger partial charge in [-0.3, -0.25) is 0 Å². The van der Waals surface area contributed by atoms with Gasteiger partial charge in [0.25, 0.3) is 0 Å². The molecule has 1 aromatic rings. The van der Waals surface area contributed by atoms with E-state index in [0.29, 0.717) is 67.2 Å². The number of aliphatic hydroxyl groups is 1. The highest BCUT2D eigenvalue weighted by Crippen LogP contribution is 2.28. The molecule has 0 aromatic heterocycles. The number of carbonyl (C=O) groups is 1. The summed E-state index contributed by atoms with van der Waals surface area (Å²) in [4.78, 5) is 11.4. The van der Waals surface area contributed by atoms with Gasteiger partial charge in [-0.1, -0.05) is 36.0 Å². The van der Waals surface area contributed by atoms with Crippen molar-refractivity contribution in [2.45, 2.75) is 78.7 Å². The van der Waals surface area contributed by atoms with Crippen molar-refractivity contribution >= 4 is 5.97 Å². The smallest absolute Gasteiger partial charge is 0.331 e. The molecular weight excluding hydrogens is 404 g/mol. The minimum Gasteiger partial charge on any atom is -0.508 e. The van der Waals surface area contributed by atoms with Gasteiger partial charge in [0.1, 0.15) is 11.5 Å². The summed E-state index contributed by atoms with van der Waals surface area (Å²) in [7, 11) is 0. The van der Waals surface area contributed by atoms with Gasteiger partial charge in [-0.15, -0.1) is 0 Å². The molecule has 32 heavy (non-hydrogen) atoms. The number of aliphatic hydroxyl groups excluding tert-OH is 1. The molecule has 0 aliphatic rings. The third kappa shape index (κ3) is 10.0. The number of hydrogen-bond donors (Lipinski definition) is 4. The van der Waals surface area contributed by atoms with Gasteiger partial charge in [0.15, 0.2) is 0 Å². The van der Waals surface area contributed by atoms with Crippen molar-refractivity contribution in [1.82, 2.24) is 0 Å². The topological polar surface area (TPSA) is 98.0 Å². The number of aromatic hydroxyl groups is 2. The molecule has 1 aromatic carbocycles. The monoisotopic (exact) mass is 442 g/mol. The van der Waals surface area contributed by atoms with Gasteiger partial charge in [-0.25, -0.2) is 4.79 Å². The van der Waals surface area contributed by atoms with Crippen LogP contribution in [0.15, 0.2) is 59.2 Å². The molecule has 0 aliphatic carbocycles. The Morgan fingerprint density at radius 3 is 2.31 bits per heavy atom. The number of aliphatic carboxylic acids is 1. The Labute approximate surface area is 192 Å². The second kappa shape index (κ2) is 13.6. The van der Waals surface area contributed by atoms with E-state index in [9.17, 15) is 25.2 Å². The van der Waals surface area contributed by atoms with Crippen LogP contribution in [0.5, 0.6) is 11.5 Å². The van der Waals surface area contributed by atoms with Crippen molar-refractivity contribution in [1.29, 1.82) is 0 Å². The fourth-order valence-corrected chi connectivity index (χ4v) is 3.35. The van der Waals surface area contributed by atoms with Crippen LogP contribution in [0.3, 0.4) is 0 Å². The van der Waals surface area contributed by atoms with Crippen molar-refractivity contribution in [2.24, 2.45) is 0 Å². The average molecular weight is 443 g/mol. The minimum absolute atomic E-state index is 0.130. The lowest BCUT2D eigenvalue weighted by molar-refractivity contribution is -0.132. The van der Waals surface area contributed by atoms with E-state index in [-0.39, 0.29) is 11.5 Å². The lowest BCUT2D eigenvalue weighted by atomic mass is 9.97. The molecule has 0 saturated heterocycles. The maximum Gasteiger partial charge on any atom is 0.331 e. The molecule has 0 saturated carbocycles. The molecule has 5 heteroatoms. The van der Waals surface area contributed by atoms with Crippen molar-refractivity contribution in [3.8, 4) is 11.5 Å². The molecule has 176 valence electrons. The van der Waals surface area contributed by atoms with E-state index >= 15 is 0 Å². The lowest BCUT2D eigenvalue weighted by Gasteiger charge is -2.14. The number of rotatable bonds is 13. The zero-order chi connectivity index (χ0) is 24.3. The van der Waals surface area contributed by atoms with E-state index in [4.69, 9.17) is 0 Å². The number of allylic oxidation sites excluding steroid dienone is 5. The molecule has 0 unspecified atom stereocenters. The van der Waals surface area contributed by atoms with Crippen LogP contribution >= 0.6 is 0 Å². The largest absolute Gasteiger partial charge is 0.508 e. The molecule has 0 bridgehead atoms. The van der Waals surface area contributed by atoms with Gasteiger partial charge in [-0.2, -0.15) is 0 Å². The van der Waals surface area contributed by atoms with Crippen LogP contribution in [0.25, 0.3) is 0 Å². The summed E-state index contributed by atoms with van der Waals surface area (Å²) < 4.78 is 0. The normalized spacial score (nSPS) is 13.0. The number of phenolic OH excluding ortho intramolecular Hbond substituents is 2. The number of hydrogen-bond acceptors (Lipinski definition) is 4. The van der Waals surface area contributed by atoms with Gasteiger partial charge in [0.05, 0.1) is 6.10 Å². The highest BCUT2D eigenvalue weighted by molar-refractivity contribution is 5.86. The van der Waals surface area contributed by atoms with E-state index in [1.54, 1.807) is 19.1 Å². The number of benzene rings is 1. The van der Waals surface area contributed by atoms with Crippen LogP contribution < -0.4 is 0 Å². The Hall–Kier alpha value is -2.79. The molecule has 0 fully saturated rings. The van der Waals surface area contributed by atoms with Crippen LogP contribution in [0.2, 0.25) is 0 Å². The molecule has 0 spiro atoms. The fraction of sp³-hybridized carbons (Fsp3) is 0.444. The Balaban J connectivity index is 2.51. The Kier molecular flexibility index (Phi) is 11.6. The summed E-state index contributed by atoms with van der Waals surface area (Å²) in [5.41, 5.74) is 4.64. The second-order valence-corrected chi connectivity index (χ2v) is 8.63. The summed E-state index contributed by atoms with van der Waals surface area (Å²) in [6, 6.07) is 3.08. The van der Waals surface area contributed by atoms with Crippen molar-refractivity contribution < 1.29 is 25.2 Å². The number of phenols is 2. The first-order valence-electron chi connectivity index (χ1n) is 11.1. The zero-order valence-corrected chi connectivity index (χ0v) is 19.8. The lowest BCUT2D eigenvalue weighted by Crippen LogP contribution is -2.09. The van der Waals surface area contributed by atoms with Crippen LogP contribution in [0, 0.1) is 6.92 Å². The molecular formula is C27H38O5. The van der Waals surface area contributed by atoms with Crippen LogP contribution in [0.1, 0.15) is 70.4 Å². The van der Waals surface area contributed by atoms with E-state index in [0.717, 1.165) is 5.57 Å². The quantitative estimate of drug-likeness (QED) is 0.167. The number of carboxylic acid groups (broad SMARTS) is 1. The summed E-state index contributed by atoms with van der Waals surface area (Å²) in [6.07, 6.45) is 9.08. The Bertz CT molecular complexity index is 886. The molecule has 0 heterocycles. The summed E-state index contributed by atoms with van der Waals surface area (Å²) in [5.74, 6) is -0.577.